The second-order valence-electron chi connectivity index (χ2n) is 8.28. The van der Waals surface area contributed by atoms with Gasteiger partial charge in [-0.05, 0) is 55.0 Å². The number of rotatable bonds is 5. The van der Waals surface area contributed by atoms with E-state index in [0.717, 1.165) is 10.5 Å². The molecule has 0 saturated carbocycles. The number of carbonyl (C=O) groups excluding carboxylic acids is 4. The van der Waals surface area contributed by atoms with E-state index in [2.05, 4.69) is 5.32 Å². The molecule has 176 valence electrons. The Kier molecular flexibility index (Phi) is 5.52. The lowest BCUT2D eigenvalue weighted by Crippen LogP contribution is -2.44. The fourth-order valence-electron chi connectivity index (χ4n) is 4.15. The summed E-state index contributed by atoms with van der Waals surface area (Å²) in [6.07, 6.45) is -0.711. The van der Waals surface area contributed by atoms with Crippen molar-refractivity contribution in [2.75, 3.05) is 16.8 Å². The van der Waals surface area contributed by atoms with Crippen LogP contribution in [0.4, 0.5) is 15.8 Å². The summed E-state index contributed by atoms with van der Waals surface area (Å²) in [6, 6.07) is 17.1. The standard InChI is InChI=1S/C26H20FN3O5/c1-15-24(32)29(13-16-6-8-17(27)9-7-16)21-12-18(10-11-22(21)35-15)28-23(31)14-30-25(33)19-4-2-3-5-20(19)26(30)34/h2-12,15H,13-14H2,1H3,(H,28,31). The number of nitrogens with one attached hydrogen (secondary N) is 1. The Balaban J connectivity index is 1.35. The van der Waals surface area contributed by atoms with Crippen molar-refractivity contribution in [3.05, 3.63) is 89.2 Å². The van der Waals surface area contributed by atoms with E-state index < -0.39 is 30.4 Å². The molecule has 1 unspecified atom stereocenters. The van der Waals surface area contributed by atoms with Crippen molar-refractivity contribution in [2.24, 2.45) is 0 Å². The van der Waals surface area contributed by atoms with Gasteiger partial charge in [0, 0.05) is 5.69 Å². The zero-order valence-corrected chi connectivity index (χ0v) is 18.7. The minimum atomic E-state index is -0.711. The van der Waals surface area contributed by atoms with E-state index in [1.54, 1.807) is 61.5 Å². The molecule has 35 heavy (non-hydrogen) atoms. The number of anilines is 2. The van der Waals surface area contributed by atoms with E-state index in [0.29, 0.717) is 17.1 Å². The van der Waals surface area contributed by atoms with Crippen molar-refractivity contribution >= 4 is 35.0 Å². The molecular formula is C26H20FN3O5. The number of hydrogen-bond donors (Lipinski definition) is 1. The SMILES string of the molecule is CC1Oc2ccc(NC(=O)CN3C(=O)c4ccccc4C3=O)cc2N(Cc2ccc(F)cc2)C1=O. The normalized spacial score (nSPS) is 16.6. The van der Waals surface area contributed by atoms with Crippen molar-refractivity contribution in [2.45, 2.75) is 19.6 Å². The highest BCUT2D eigenvalue weighted by Gasteiger charge is 2.36. The number of hydrogen-bond acceptors (Lipinski definition) is 5. The lowest BCUT2D eigenvalue weighted by atomic mass is 10.1. The molecule has 0 saturated heterocycles. The van der Waals surface area contributed by atoms with Crippen LogP contribution in [0.15, 0.2) is 66.7 Å². The molecule has 3 aromatic carbocycles. The van der Waals surface area contributed by atoms with Crippen LogP contribution in [0.5, 0.6) is 5.75 Å². The smallest absolute Gasteiger partial charge is 0.268 e. The average molecular weight is 473 g/mol. The minimum Gasteiger partial charge on any atom is -0.479 e. The van der Waals surface area contributed by atoms with Gasteiger partial charge >= 0.3 is 0 Å². The summed E-state index contributed by atoms with van der Waals surface area (Å²) in [7, 11) is 0. The lowest BCUT2D eigenvalue weighted by molar-refractivity contribution is -0.125. The van der Waals surface area contributed by atoms with Crippen molar-refractivity contribution in [3.63, 3.8) is 0 Å². The monoisotopic (exact) mass is 473 g/mol. The van der Waals surface area contributed by atoms with Gasteiger partial charge in [-0.15, -0.1) is 0 Å². The Morgan fingerprint density at radius 3 is 2.26 bits per heavy atom. The van der Waals surface area contributed by atoms with Crippen LogP contribution < -0.4 is 15.0 Å². The summed E-state index contributed by atoms with van der Waals surface area (Å²) >= 11 is 0. The fourth-order valence-corrected chi connectivity index (χ4v) is 4.15. The van der Waals surface area contributed by atoms with Gasteiger partial charge in [-0.3, -0.25) is 24.1 Å². The number of carbonyl (C=O) groups is 4. The molecule has 0 radical (unpaired) electrons. The first-order valence-electron chi connectivity index (χ1n) is 10.9. The number of amides is 4. The van der Waals surface area contributed by atoms with Crippen molar-refractivity contribution < 1.29 is 28.3 Å². The molecule has 4 amide bonds. The summed E-state index contributed by atoms with van der Waals surface area (Å²) in [5, 5.41) is 2.68. The molecule has 3 aromatic rings. The Bertz CT molecular complexity index is 1340. The molecule has 2 aliphatic rings. The Hall–Kier alpha value is -4.53. The fraction of sp³-hybridized carbons (Fsp3) is 0.154. The third kappa shape index (κ3) is 4.12. The Morgan fingerprint density at radius 1 is 0.943 bits per heavy atom. The maximum atomic E-state index is 13.3. The van der Waals surface area contributed by atoms with Gasteiger partial charge in [-0.2, -0.15) is 0 Å². The molecule has 0 aliphatic carbocycles. The largest absolute Gasteiger partial charge is 0.479 e. The number of imide groups is 1. The second-order valence-corrected chi connectivity index (χ2v) is 8.28. The van der Waals surface area contributed by atoms with E-state index in [-0.39, 0.29) is 29.4 Å². The molecule has 0 fully saturated rings. The molecule has 0 spiro atoms. The van der Waals surface area contributed by atoms with Crippen molar-refractivity contribution in [1.82, 2.24) is 4.90 Å². The zero-order chi connectivity index (χ0) is 24.7. The third-order valence-electron chi connectivity index (χ3n) is 5.88. The van der Waals surface area contributed by atoms with Gasteiger partial charge in [0.25, 0.3) is 17.7 Å². The molecule has 0 aromatic heterocycles. The highest BCUT2D eigenvalue weighted by atomic mass is 19.1. The number of fused-ring (bicyclic) bond motifs is 2. The first-order chi connectivity index (χ1) is 16.8. The summed E-state index contributed by atoms with van der Waals surface area (Å²) in [6.45, 7) is 1.38. The van der Waals surface area contributed by atoms with Crippen LogP contribution in [0, 0.1) is 5.82 Å². The topological polar surface area (TPSA) is 96.0 Å². The van der Waals surface area contributed by atoms with E-state index in [9.17, 15) is 23.6 Å². The van der Waals surface area contributed by atoms with Gasteiger partial charge in [0.05, 0.1) is 23.4 Å². The summed E-state index contributed by atoms with van der Waals surface area (Å²) in [5.74, 6) is -1.82. The van der Waals surface area contributed by atoms with Crippen LogP contribution in [0.2, 0.25) is 0 Å². The summed E-state index contributed by atoms with van der Waals surface area (Å²) in [5.41, 5.74) is 2.05. The van der Waals surface area contributed by atoms with Crippen LogP contribution >= 0.6 is 0 Å². The van der Waals surface area contributed by atoms with Crippen molar-refractivity contribution in [1.29, 1.82) is 0 Å². The number of benzene rings is 3. The number of halogens is 1. The maximum Gasteiger partial charge on any atom is 0.268 e. The van der Waals surface area contributed by atoms with Gasteiger partial charge < -0.3 is 15.0 Å². The zero-order valence-electron chi connectivity index (χ0n) is 18.7. The molecule has 2 aliphatic heterocycles. The summed E-state index contributed by atoms with van der Waals surface area (Å²) in [4.78, 5) is 53.0. The first-order valence-corrected chi connectivity index (χ1v) is 10.9. The first kappa shape index (κ1) is 22.3. The highest BCUT2D eigenvalue weighted by molar-refractivity contribution is 6.22. The third-order valence-corrected chi connectivity index (χ3v) is 5.88. The second kappa shape index (κ2) is 8.68. The van der Waals surface area contributed by atoms with Crippen LogP contribution in [0.1, 0.15) is 33.2 Å². The van der Waals surface area contributed by atoms with Crippen molar-refractivity contribution in [3.8, 4) is 5.75 Å². The van der Waals surface area contributed by atoms with E-state index in [1.165, 1.54) is 17.0 Å². The molecule has 8 nitrogen and oxygen atoms in total. The van der Waals surface area contributed by atoms with Gasteiger partial charge in [0.15, 0.2) is 6.10 Å². The predicted octanol–water partition coefficient (Wildman–Crippen LogP) is 3.37. The van der Waals surface area contributed by atoms with Gasteiger partial charge in [-0.1, -0.05) is 24.3 Å². The molecule has 2 heterocycles. The van der Waals surface area contributed by atoms with Gasteiger partial charge in [0.2, 0.25) is 5.91 Å². The predicted molar refractivity (Wildman–Crippen MR) is 125 cm³/mol. The maximum absolute atomic E-state index is 13.3. The van der Waals surface area contributed by atoms with Gasteiger partial charge in [-0.25, -0.2) is 4.39 Å². The quantitative estimate of drug-likeness (QED) is 0.574. The summed E-state index contributed by atoms with van der Waals surface area (Å²) < 4.78 is 19.0. The lowest BCUT2D eigenvalue weighted by Gasteiger charge is -2.33. The minimum absolute atomic E-state index is 0.187. The van der Waals surface area contributed by atoms with Gasteiger partial charge in [0.1, 0.15) is 18.1 Å². The molecular weight excluding hydrogens is 453 g/mol. The van der Waals surface area contributed by atoms with Crippen LogP contribution in [0.25, 0.3) is 0 Å². The highest BCUT2D eigenvalue weighted by Crippen LogP contribution is 2.37. The molecule has 1 atom stereocenters. The molecule has 0 bridgehead atoms. The molecule has 1 N–H and O–H groups in total. The van der Waals surface area contributed by atoms with E-state index in [1.807, 2.05) is 0 Å². The Labute approximate surface area is 199 Å². The average Bonchev–Trinajstić information content (AvgIpc) is 3.08. The number of nitrogens with zero attached hydrogens (tertiary/aromatic N) is 2. The Morgan fingerprint density at radius 2 is 1.60 bits per heavy atom. The van der Waals surface area contributed by atoms with Crippen LogP contribution in [0.3, 0.4) is 0 Å². The van der Waals surface area contributed by atoms with E-state index in [4.69, 9.17) is 4.74 Å². The number of ether oxygens (including phenoxy) is 1. The van der Waals surface area contributed by atoms with E-state index >= 15 is 0 Å². The van der Waals surface area contributed by atoms with Crippen LogP contribution in [-0.2, 0) is 16.1 Å². The molecule has 9 heteroatoms. The van der Waals surface area contributed by atoms with Crippen LogP contribution in [-0.4, -0.2) is 41.2 Å². The molecule has 5 rings (SSSR count).